The van der Waals surface area contributed by atoms with E-state index < -0.39 is 24.0 Å². The highest BCUT2D eigenvalue weighted by molar-refractivity contribution is 5.86. The molecule has 0 atom stereocenters. The molecule has 4 N–H and O–H groups in total. The smallest absolute Gasteiger partial charge is 0.121 e. The number of hydrogen-bond donors (Lipinski definition) is 4. The molecule has 0 bridgehead atoms. The molecule has 10 aromatic rings. The molecule has 10 aromatic carbocycles. The van der Waals surface area contributed by atoms with E-state index in [4.69, 9.17) is 0 Å². The number of nitrogens with zero attached hydrogens (tertiary/aromatic N) is 2. The van der Waals surface area contributed by atoms with Gasteiger partial charge in [-0.05, 0) is 270 Å². The Morgan fingerprint density at radius 3 is 0.648 bits per heavy atom. The Morgan fingerprint density at radius 2 is 0.459 bits per heavy atom. The second-order valence-corrected chi connectivity index (χ2v) is 41.5. The molecule has 6 nitrogen and oxygen atoms in total. The Balaban J connectivity index is 0.765. The van der Waals surface area contributed by atoms with Gasteiger partial charge in [0.25, 0.3) is 0 Å². The molecule has 5 aliphatic carbocycles. The summed E-state index contributed by atoms with van der Waals surface area (Å²) in [6.45, 7) is 38.4. The first-order valence-electron chi connectivity index (χ1n) is 48.3. The van der Waals surface area contributed by atoms with Crippen LogP contribution in [0.3, 0.4) is 0 Å². The molecule has 0 spiro atoms. The normalized spacial score (nSPS) is 19.8. The molecular weight excluding hydrogens is 1490 g/mol. The summed E-state index contributed by atoms with van der Waals surface area (Å²) in [5.74, 6) is -1.67. The summed E-state index contributed by atoms with van der Waals surface area (Å²) in [5, 5.41) is 50.5. The molecule has 0 aromatic heterocycles. The van der Waals surface area contributed by atoms with Crippen molar-refractivity contribution in [2.24, 2.45) is 0 Å². The maximum atomic E-state index is 12.6. The van der Waals surface area contributed by atoms with Gasteiger partial charge in [-0.15, -0.1) is 0 Å². The summed E-state index contributed by atoms with van der Waals surface area (Å²) >= 11 is 0. The van der Waals surface area contributed by atoms with E-state index >= 15 is 0 Å². The fourth-order valence-corrected chi connectivity index (χ4v) is 25.8. The minimum Gasteiger partial charge on any atom is -0.508 e. The molecule has 0 unspecified atom stereocenters. The summed E-state index contributed by atoms with van der Waals surface area (Å²) in [6, 6.07) is 76.2. The third kappa shape index (κ3) is 16.2. The number of phenols is 2. The maximum Gasteiger partial charge on any atom is 0.121 e. The van der Waals surface area contributed by atoms with Crippen molar-refractivity contribution in [2.45, 2.75) is 358 Å². The van der Waals surface area contributed by atoms with Crippen LogP contribution in [0.2, 0.25) is 0 Å². The van der Waals surface area contributed by atoms with Crippen LogP contribution in [0, 0.1) is 0 Å². The third-order valence-electron chi connectivity index (χ3n) is 30.9. The first kappa shape index (κ1) is 88.2. The van der Waals surface area contributed by atoms with Crippen molar-refractivity contribution in [3.8, 4) is 56.0 Å². The van der Waals surface area contributed by atoms with E-state index in [0.717, 1.165) is 59.8 Å². The number of aromatic hydroxyl groups is 2. The van der Waals surface area contributed by atoms with Crippen LogP contribution in [0.5, 0.6) is 11.5 Å². The molecule has 5 aliphatic rings. The number of phenolic OH excluding ortho intramolecular Hbond substituents is 2. The Morgan fingerprint density at radius 1 is 0.262 bits per heavy atom. The molecule has 0 heterocycles. The van der Waals surface area contributed by atoms with E-state index in [9.17, 15) is 20.4 Å². The highest BCUT2D eigenvalue weighted by Gasteiger charge is 2.55. The van der Waals surface area contributed by atoms with Crippen molar-refractivity contribution in [1.29, 1.82) is 0 Å². The summed E-state index contributed by atoms with van der Waals surface area (Å²) in [5.41, 5.74) is 29.1. The fourth-order valence-electron chi connectivity index (χ4n) is 25.8. The number of hydrogen-bond acceptors (Lipinski definition) is 6. The topological polar surface area (TPSA) is 87.4 Å². The molecule has 0 saturated heterocycles. The van der Waals surface area contributed by atoms with Crippen molar-refractivity contribution in [3.63, 3.8) is 0 Å². The summed E-state index contributed by atoms with van der Waals surface area (Å²) in [4.78, 5) is 4.48. The van der Waals surface area contributed by atoms with E-state index in [1.165, 1.54) is 221 Å². The van der Waals surface area contributed by atoms with Crippen LogP contribution in [0.4, 0.5) is 34.1 Å². The van der Waals surface area contributed by atoms with Gasteiger partial charge in [-0.1, -0.05) is 347 Å². The maximum absolute atomic E-state index is 12.6. The first-order valence-corrected chi connectivity index (χ1v) is 48.3. The van der Waals surface area contributed by atoms with Gasteiger partial charge < -0.3 is 30.2 Å². The van der Waals surface area contributed by atoms with Gasteiger partial charge in [-0.25, -0.2) is 0 Å². The lowest BCUT2D eigenvalue weighted by Gasteiger charge is -2.47. The highest BCUT2D eigenvalue weighted by Crippen LogP contribution is 2.63. The van der Waals surface area contributed by atoms with Crippen molar-refractivity contribution < 1.29 is 20.4 Å². The van der Waals surface area contributed by atoms with Gasteiger partial charge in [-0.3, -0.25) is 0 Å². The zero-order valence-corrected chi connectivity index (χ0v) is 77.4. The van der Waals surface area contributed by atoms with E-state index in [1.54, 1.807) is 22.3 Å². The average molecular weight is 1630 g/mol. The lowest BCUT2D eigenvalue weighted by molar-refractivity contribution is -0.0797. The van der Waals surface area contributed by atoms with Crippen molar-refractivity contribution >= 4 is 34.1 Å². The van der Waals surface area contributed by atoms with Gasteiger partial charge in [-0.2, -0.15) is 0 Å². The number of anilines is 6. The molecule has 15 rings (SSSR count). The second-order valence-electron chi connectivity index (χ2n) is 41.5. The summed E-state index contributed by atoms with van der Waals surface area (Å²) in [7, 11) is 0. The molecule has 122 heavy (non-hydrogen) atoms. The second kappa shape index (κ2) is 35.7. The van der Waals surface area contributed by atoms with Crippen LogP contribution in [0.25, 0.3) is 44.5 Å². The quantitative estimate of drug-likeness (QED) is 0.0313. The Labute approximate surface area is 735 Å². The SMILES string of the molecule is CCCCC1(CCCC)CC(C)(C)c2c(-c3ccc(N(c4ccc(-c5cccc6c5C(C)(C)CC6(CCCC)CCCC)cc4)c4ccc(C5C(O)C(c6ccc(N(c7ccc(-c8cccc9c8C(C)(C)CC9(CCCC)CCCC)cc7)c7ccc(-c8cccc9c8C(C)(C)CC9(CCCC)CCCC)cc7)cc6O)C5O)c(O)c4)cc3)cccc21. The monoisotopic (exact) mass is 1630 g/mol. The van der Waals surface area contributed by atoms with Gasteiger partial charge in [0, 0.05) is 69.2 Å². The molecule has 1 saturated carbocycles. The van der Waals surface area contributed by atoms with Crippen LogP contribution < -0.4 is 9.80 Å². The van der Waals surface area contributed by atoms with Gasteiger partial charge >= 0.3 is 0 Å². The van der Waals surface area contributed by atoms with Gasteiger partial charge in [0.15, 0.2) is 0 Å². The zero-order valence-electron chi connectivity index (χ0n) is 77.4. The van der Waals surface area contributed by atoms with E-state index in [1.807, 2.05) is 36.4 Å². The van der Waals surface area contributed by atoms with Crippen molar-refractivity contribution in [2.75, 3.05) is 9.80 Å². The van der Waals surface area contributed by atoms with Crippen LogP contribution in [-0.2, 0) is 43.3 Å². The highest BCUT2D eigenvalue weighted by atomic mass is 16.3. The van der Waals surface area contributed by atoms with E-state index in [0.29, 0.717) is 11.1 Å². The van der Waals surface area contributed by atoms with Crippen LogP contribution in [-0.4, -0.2) is 32.6 Å². The number of benzene rings is 10. The standard InChI is InChI=1S/C116H146N2O4/c1-17-25-65-113(66-26-18-2)75-109(9,10)103-89(37-33-41-95(103)113)79-45-53-83(54-46-79)117(84-55-47-80(48-56-84)90-38-34-42-96-104(90)110(11,12)76-114(96,67-27-19-3)68-28-20-4)87-61-63-93(99(119)73-87)101-107(121)102(108(101)122)94-64-62-88(74-100(94)120)118(85-57-49-81(50-58-85)91-39-35-43-97-105(91)111(13,14)77-115(97,69-29-21-5)70-30-22-6)86-59-51-82(52-60-86)92-40-36-44-98-106(92)112(15,16)78-116(98,71-31-23-7)72-32-24-8/h33-64,73-74,101-102,107-108,119-122H,17-32,65-72,75-78H2,1-16H3. The number of aliphatic hydroxyl groups excluding tert-OH is 2. The Kier molecular flexibility index (Phi) is 25.8. The summed E-state index contributed by atoms with van der Waals surface area (Å²) < 4.78 is 0. The molecule has 0 aliphatic heterocycles. The third-order valence-corrected chi connectivity index (χ3v) is 30.9. The minimum atomic E-state index is -1.12. The lowest BCUT2D eigenvalue weighted by atomic mass is 9.63. The van der Waals surface area contributed by atoms with E-state index in [2.05, 4.69) is 290 Å². The van der Waals surface area contributed by atoms with E-state index in [-0.39, 0.29) is 54.8 Å². The molecule has 1 fully saturated rings. The molecule has 6 heteroatoms. The van der Waals surface area contributed by atoms with Gasteiger partial charge in [0.2, 0.25) is 0 Å². The lowest BCUT2D eigenvalue weighted by Crippen LogP contribution is -2.51. The number of unbranched alkanes of at least 4 members (excludes halogenated alkanes) is 8. The molecule has 644 valence electrons. The molecule has 0 amide bonds. The number of fused-ring (bicyclic) bond motifs is 4. The van der Waals surface area contributed by atoms with Gasteiger partial charge in [0.05, 0.1) is 12.2 Å². The van der Waals surface area contributed by atoms with Crippen LogP contribution in [0.1, 0.15) is 358 Å². The minimum absolute atomic E-state index is 0.00767. The summed E-state index contributed by atoms with van der Waals surface area (Å²) in [6.07, 6.45) is 31.6. The van der Waals surface area contributed by atoms with Crippen molar-refractivity contribution in [1.82, 2.24) is 0 Å². The zero-order chi connectivity index (χ0) is 86.3. The fraction of sp³-hybridized carbons (Fsp3) is 0.483. The predicted octanol–water partition coefficient (Wildman–Crippen LogP) is 32.5. The number of aliphatic hydroxyl groups is 2. The first-order chi connectivity index (χ1) is 58.7. The van der Waals surface area contributed by atoms with Gasteiger partial charge in [0.1, 0.15) is 11.5 Å². The molecule has 0 radical (unpaired) electrons. The Bertz CT molecular complexity index is 4650. The predicted molar refractivity (Wildman–Crippen MR) is 518 cm³/mol. The van der Waals surface area contributed by atoms with Crippen molar-refractivity contribution in [3.05, 3.63) is 262 Å². The molecular formula is C116H146N2O4. The van der Waals surface area contributed by atoms with Crippen LogP contribution >= 0.6 is 0 Å². The largest absolute Gasteiger partial charge is 0.508 e. The number of rotatable bonds is 36. The van der Waals surface area contributed by atoms with Crippen LogP contribution in [0.15, 0.2) is 206 Å². The average Bonchev–Trinajstić information content (AvgIpc) is 1.56. The Hall–Kier alpha value is -8.68.